The molecule has 7 heteroatoms. The lowest BCUT2D eigenvalue weighted by Crippen LogP contribution is -2.48. The highest BCUT2D eigenvalue weighted by Gasteiger charge is 2.28. The number of likely N-dealkylation sites (tertiary alicyclic amines) is 1. The van der Waals surface area contributed by atoms with Crippen LogP contribution in [0.1, 0.15) is 25.3 Å². The molecule has 1 atom stereocenters. The van der Waals surface area contributed by atoms with Gasteiger partial charge in [0.25, 0.3) is 0 Å². The van der Waals surface area contributed by atoms with E-state index >= 15 is 0 Å². The Bertz CT molecular complexity index is 772. The van der Waals surface area contributed by atoms with Crippen LogP contribution in [0.4, 0.5) is 0 Å². The molecule has 2 aromatic rings. The van der Waals surface area contributed by atoms with Gasteiger partial charge in [-0.25, -0.2) is 4.68 Å². The summed E-state index contributed by atoms with van der Waals surface area (Å²) in [7, 11) is 1.77. The van der Waals surface area contributed by atoms with E-state index in [1.165, 1.54) is 0 Å². The van der Waals surface area contributed by atoms with E-state index in [1.807, 2.05) is 42.1 Å². The van der Waals surface area contributed by atoms with E-state index in [1.54, 1.807) is 13.2 Å². The molecule has 0 aliphatic carbocycles. The lowest BCUT2D eigenvalue weighted by Gasteiger charge is -2.34. The molecule has 1 saturated heterocycles. The van der Waals surface area contributed by atoms with Gasteiger partial charge in [0.1, 0.15) is 0 Å². The summed E-state index contributed by atoms with van der Waals surface area (Å²) in [6.07, 6.45) is 5.52. The Kier molecular flexibility index (Phi) is 6.46. The third kappa shape index (κ3) is 4.67. The minimum atomic E-state index is -0.110. The molecule has 3 rings (SSSR count). The van der Waals surface area contributed by atoms with Crippen LogP contribution in [0.2, 0.25) is 0 Å². The van der Waals surface area contributed by atoms with Crippen LogP contribution in [0, 0.1) is 5.92 Å². The molecule has 0 unspecified atom stereocenters. The zero-order valence-corrected chi connectivity index (χ0v) is 16.0. The van der Waals surface area contributed by atoms with Crippen LogP contribution >= 0.6 is 0 Å². The molecule has 0 spiro atoms. The SMILES string of the molecule is CCOC(=O)[C@@H]1CCCN(C(=NC)NCc2ccccc2-n2cccn2)C1. The predicted molar refractivity (Wildman–Crippen MR) is 105 cm³/mol. The molecule has 1 aromatic heterocycles. The Labute approximate surface area is 160 Å². The summed E-state index contributed by atoms with van der Waals surface area (Å²) in [5.74, 6) is 0.606. The molecule has 0 radical (unpaired) electrons. The van der Waals surface area contributed by atoms with Gasteiger partial charge < -0.3 is 15.0 Å². The van der Waals surface area contributed by atoms with Crippen molar-refractivity contribution in [1.82, 2.24) is 20.0 Å². The summed E-state index contributed by atoms with van der Waals surface area (Å²) >= 11 is 0. The van der Waals surface area contributed by atoms with E-state index in [0.29, 0.717) is 19.7 Å². The van der Waals surface area contributed by atoms with Crippen molar-refractivity contribution in [3.63, 3.8) is 0 Å². The van der Waals surface area contributed by atoms with Crippen LogP contribution in [-0.2, 0) is 16.1 Å². The van der Waals surface area contributed by atoms with Gasteiger partial charge in [-0.15, -0.1) is 0 Å². The molecule has 2 heterocycles. The molecular formula is C20H27N5O2. The molecule has 1 aliphatic heterocycles. The standard InChI is InChI=1S/C20H27N5O2/c1-3-27-19(26)17-9-6-12-24(15-17)20(21-2)22-14-16-8-4-5-10-18(16)25-13-7-11-23-25/h4-5,7-8,10-11,13,17H,3,6,9,12,14-15H2,1-2H3,(H,21,22)/t17-/m1/s1. The van der Waals surface area contributed by atoms with Crippen molar-refractivity contribution in [3.8, 4) is 5.69 Å². The van der Waals surface area contributed by atoms with Crippen molar-refractivity contribution in [3.05, 3.63) is 48.3 Å². The molecule has 27 heavy (non-hydrogen) atoms. The first-order chi connectivity index (χ1) is 13.2. The van der Waals surface area contributed by atoms with Gasteiger partial charge in [0, 0.05) is 39.1 Å². The molecule has 0 saturated carbocycles. The van der Waals surface area contributed by atoms with Crippen LogP contribution in [0.5, 0.6) is 0 Å². The number of hydrogen-bond donors (Lipinski definition) is 1. The van der Waals surface area contributed by atoms with Gasteiger partial charge in [-0.1, -0.05) is 18.2 Å². The number of carbonyl (C=O) groups is 1. The van der Waals surface area contributed by atoms with Gasteiger partial charge >= 0.3 is 5.97 Å². The van der Waals surface area contributed by atoms with Gasteiger partial charge in [0.15, 0.2) is 5.96 Å². The van der Waals surface area contributed by atoms with E-state index in [-0.39, 0.29) is 11.9 Å². The Morgan fingerprint density at radius 1 is 1.37 bits per heavy atom. The third-order valence-electron chi connectivity index (χ3n) is 4.73. The lowest BCUT2D eigenvalue weighted by atomic mass is 9.98. The number of carbonyl (C=O) groups excluding carboxylic acids is 1. The minimum Gasteiger partial charge on any atom is -0.466 e. The van der Waals surface area contributed by atoms with E-state index in [2.05, 4.69) is 26.4 Å². The van der Waals surface area contributed by atoms with E-state index in [0.717, 1.165) is 36.6 Å². The summed E-state index contributed by atoms with van der Waals surface area (Å²) in [5.41, 5.74) is 2.16. The number of hydrogen-bond acceptors (Lipinski definition) is 4. The molecule has 1 aromatic carbocycles. The molecule has 0 bridgehead atoms. The molecule has 1 fully saturated rings. The molecule has 1 aliphatic rings. The van der Waals surface area contributed by atoms with Gasteiger partial charge in [-0.05, 0) is 37.5 Å². The van der Waals surface area contributed by atoms with Gasteiger partial charge in [0.2, 0.25) is 0 Å². The molecule has 7 nitrogen and oxygen atoms in total. The second-order valence-corrected chi connectivity index (χ2v) is 6.52. The highest BCUT2D eigenvalue weighted by Crippen LogP contribution is 2.19. The fourth-order valence-electron chi connectivity index (χ4n) is 3.42. The second kappa shape index (κ2) is 9.21. The van der Waals surface area contributed by atoms with Crippen LogP contribution in [0.3, 0.4) is 0 Å². The smallest absolute Gasteiger partial charge is 0.310 e. The third-order valence-corrected chi connectivity index (χ3v) is 4.73. The number of para-hydroxylation sites is 1. The predicted octanol–water partition coefficient (Wildman–Crippen LogP) is 2.22. The highest BCUT2D eigenvalue weighted by molar-refractivity contribution is 5.81. The van der Waals surface area contributed by atoms with Crippen molar-refractivity contribution >= 4 is 11.9 Å². The number of rotatable bonds is 5. The Hall–Kier alpha value is -2.83. The lowest BCUT2D eigenvalue weighted by molar-refractivity contribution is -0.149. The number of aromatic nitrogens is 2. The number of guanidine groups is 1. The number of esters is 1. The quantitative estimate of drug-likeness (QED) is 0.497. The maximum Gasteiger partial charge on any atom is 0.310 e. The average Bonchev–Trinajstić information content (AvgIpc) is 3.24. The van der Waals surface area contributed by atoms with Crippen LogP contribution < -0.4 is 5.32 Å². The summed E-state index contributed by atoms with van der Waals surface area (Å²) < 4.78 is 7.05. The van der Waals surface area contributed by atoms with Crippen molar-refractivity contribution in [2.45, 2.75) is 26.3 Å². The summed E-state index contributed by atoms with van der Waals surface area (Å²) in [4.78, 5) is 18.6. The van der Waals surface area contributed by atoms with E-state index < -0.39 is 0 Å². The first-order valence-corrected chi connectivity index (χ1v) is 9.43. The number of aliphatic imine (C=N–C) groups is 1. The van der Waals surface area contributed by atoms with Gasteiger partial charge in [0.05, 0.1) is 18.2 Å². The maximum absolute atomic E-state index is 12.1. The minimum absolute atomic E-state index is 0.0892. The summed E-state index contributed by atoms with van der Waals surface area (Å²) in [5, 5.41) is 7.76. The van der Waals surface area contributed by atoms with Crippen LogP contribution in [-0.4, -0.2) is 53.4 Å². The Morgan fingerprint density at radius 3 is 2.96 bits per heavy atom. The fraction of sp³-hybridized carbons (Fsp3) is 0.450. The number of ether oxygens (including phenoxy) is 1. The summed E-state index contributed by atoms with van der Waals surface area (Å²) in [6, 6.07) is 10.1. The van der Waals surface area contributed by atoms with Gasteiger partial charge in [-0.3, -0.25) is 9.79 Å². The molecule has 0 amide bonds. The van der Waals surface area contributed by atoms with E-state index in [9.17, 15) is 4.79 Å². The first kappa shape index (κ1) is 18.9. The monoisotopic (exact) mass is 369 g/mol. The first-order valence-electron chi connectivity index (χ1n) is 9.43. The van der Waals surface area contributed by atoms with Crippen molar-refractivity contribution in [2.24, 2.45) is 10.9 Å². The van der Waals surface area contributed by atoms with Crippen LogP contribution in [0.25, 0.3) is 5.69 Å². The zero-order chi connectivity index (χ0) is 19.1. The number of nitrogens with zero attached hydrogens (tertiary/aromatic N) is 4. The zero-order valence-electron chi connectivity index (χ0n) is 16.0. The highest BCUT2D eigenvalue weighted by atomic mass is 16.5. The number of nitrogens with one attached hydrogen (secondary N) is 1. The van der Waals surface area contributed by atoms with Crippen molar-refractivity contribution < 1.29 is 9.53 Å². The van der Waals surface area contributed by atoms with E-state index in [4.69, 9.17) is 4.74 Å². The molecule has 144 valence electrons. The largest absolute Gasteiger partial charge is 0.466 e. The summed E-state index contributed by atoms with van der Waals surface area (Å²) in [6.45, 7) is 4.42. The Balaban J connectivity index is 1.66. The average molecular weight is 369 g/mol. The number of piperidine rings is 1. The van der Waals surface area contributed by atoms with Crippen molar-refractivity contribution in [2.75, 3.05) is 26.7 Å². The van der Waals surface area contributed by atoms with Gasteiger partial charge in [-0.2, -0.15) is 5.10 Å². The fourth-order valence-corrected chi connectivity index (χ4v) is 3.42. The normalized spacial score (nSPS) is 17.6. The molecular weight excluding hydrogens is 342 g/mol. The maximum atomic E-state index is 12.1. The Morgan fingerprint density at radius 2 is 2.22 bits per heavy atom. The topological polar surface area (TPSA) is 71.8 Å². The molecule has 1 N–H and O–H groups in total. The number of benzene rings is 1. The van der Waals surface area contributed by atoms with Crippen molar-refractivity contribution in [1.29, 1.82) is 0 Å². The second-order valence-electron chi connectivity index (χ2n) is 6.52. The van der Waals surface area contributed by atoms with Crippen LogP contribution in [0.15, 0.2) is 47.7 Å².